The number of hydrogen-bond acceptors (Lipinski definition) is 5. The molecule has 3 aromatic rings. The number of aromatic nitrogens is 3. The van der Waals surface area contributed by atoms with E-state index in [1.54, 1.807) is 36.3 Å². The summed E-state index contributed by atoms with van der Waals surface area (Å²) in [5.41, 5.74) is 1.52. The zero-order valence-electron chi connectivity index (χ0n) is 16.4. The standard InChI is InChI=1S/C21H23BrN4O3/c1-3-4-11-29-18-10-7-16(12-19(18)28-2)20(27)24-21-23-14-26(25-21)13-15-5-8-17(22)9-6-15/h5-10,12,14H,3-4,11,13H2,1-2H3,(H,24,25,27). The van der Waals surface area contributed by atoms with E-state index in [1.807, 2.05) is 24.3 Å². The molecule has 152 valence electrons. The molecule has 0 aliphatic rings. The van der Waals surface area contributed by atoms with Crippen LogP contribution in [0.25, 0.3) is 0 Å². The molecule has 0 radical (unpaired) electrons. The summed E-state index contributed by atoms with van der Waals surface area (Å²) in [6.45, 7) is 3.27. The normalized spacial score (nSPS) is 10.6. The van der Waals surface area contributed by atoms with E-state index in [1.165, 1.54) is 0 Å². The van der Waals surface area contributed by atoms with E-state index in [9.17, 15) is 4.79 Å². The van der Waals surface area contributed by atoms with Crippen molar-refractivity contribution >= 4 is 27.8 Å². The van der Waals surface area contributed by atoms with Gasteiger partial charge in [-0.3, -0.25) is 10.1 Å². The van der Waals surface area contributed by atoms with E-state index < -0.39 is 0 Å². The van der Waals surface area contributed by atoms with E-state index in [0.29, 0.717) is 30.2 Å². The average Bonchev–Trinajstić information content (AvgIpc) is 3.16. The number of nitrogens with one attached hydrogen (secondary N) is 1. The minimum atomic E-state index is -0.315. The third-order valence-corrected chi connectivity index (χ3v) is 4.73. The fraction of sp³-hybridized carbons (Fsp3) is 0.286. The van der Waals surface area contributed by atoms with Gasteiger partial charge in [0.05, 0.1) is 20.3 Å². The zero-order valence-corrected chi connectivity index (χ0v) is 18.0. The first kappa shape index (κ1) is 20.9. The van der Waals surface area contributed by atoms with E-state index in [2.05, 4.69) is 38.3 Å². The number of nitrogens with zero attached hydrogens (tertiary/aromatic N) is 3. The average molecular weight is 459 g/mol. The summed E-state index contributed by atoms with van der Waals surface area (Å²) < 4.78 is 13.7. The van der Waals surface area contributed by atoms with E-state index in [-0.39, 0.29) is 11.9 Å². The van der Waals surface area contributed by atoms with Crippen molar-refractivity contribution in [2.24, 2.45) is 0 Å². The molecule has 1 heterocycles. The van der Waals surface area contributed by atoms with Crippen molar-refractivity contribution in [3.8, 4) is 11.5 Å². The molecule has 0 aliphatic carbocycles. The van der Waals surface area contributed by atoms with Crippen LogP contribution in [0.1, 0.15) is 35.7 Å². The van der Waals surface area contributed by atoms with Crippen LogP contribution in [0, 0.1) is 0 Å². The van der Waals surface area contributed by atoms with Gasteiger partial charge in [0.25, 0.3) is 5.91 Å². The molecule has 0 aliphatic heterocycles. The first-order chi connectivity index (χ1) is 14.1. The van der Waals surface area contributed by atoms with Crippen LogP contribution in [0.3, 0.4) is 0 Å². The van der Waals surface area contributed by atoms with Gasteiger partial charge >= 0.3 is 0 Å². The summed E-state index contributed by atoms with van der Waals surface area (Å²) in [5, 5.41) is 7.02. The number of amides is 1. The highest BCUT2D eigenvalue weighted by molar-refractivity contribution is 9.10. The lowest BCUT2D eigenvalue weighted by Gasteiger charge is -2.11. The van der Waals surface area contributed by atoms with Gasteiger partial charge in [0.2, 0.25) is 5.95 Å². The monoisotopic (exact) mass is 458 g/mol. The number of ether oxygens (including phenoxy) is 2. The topological polar surface area (TPSA) is 78.3 Å². The molecule has 1 amide bonds. The second-order valence-corrected chi connectivity index (χ2v) is 7.33. The number of hydrogen-bond donors (Lipinski definition) is 1. The second-order valence-electron chi connectivity index (χ2n) is 6.41. The molecule has 0 bridgehead atoms. The Hall–Kier alpha value is -2.87. The quantitative estimate of drug-likeness (QED) is 0.476. The van der Waals surface area contributed by atoms with Crippen LogP contribution in [0.4, 0.5) is 5.95 Å². The Balaban J connectivity index is 1.64. The molecule has 2 aromatic carbocycles. The van der Waals surface area contributed by atoms with Gasteiger partial charge in [-0.25, -0.2) is 9.67 Å². The van der Waals surface area contributed by atoms with Crippen molar-refractivity contribution in [2.75, 3.05) is 19.0 Å². The smallest absolute Gasteiger partial charge is 0.258 e. The lowest BCUT2D eigenvalue weighted by molar-refractivity contribution is 0.102. The Morgan fingerprint density at radius 1 is 1.17 bits per heavy atom. The Bertz CT molecular complexity index is 957. The third-order valence-electron chi connectivity index (χ3n) is 4.20. The number of carbonyl (C=O) groups excluding carboxylic acids is 1. The van der Waals surface area contributed by atoms with Crippen LogP contribution in [-0.2, 0) is 6.54 Å². The molecule has 0 fully saturated rings. The maximum absolute atomic E-state index is 12.6. The maximum Gasteiger partial charge on any atom is 0.258 e. The molecule has 0 unspecified atom stereocenters. The number of anilines is 1. The van der Waals surface area contributed by atoms with Crippen molar-refractivity contribution in [2.45, 2.75) is 26.3 Å². The van der Waals surface area contributed by atoms with Crippen LogP contribution in [0.5, 0.6) is 11.5 Å². The first-order valence-electron chi connectivity index (χ1n) is 9.35. The highest BCUT2D eigenvalue weighted by Gasteiger charge is 2.13. The van der Waals surface area contributed by atoms with Crippen LogP contribution < -0.4 is 14.8 Å². The summed E-state index contributed by atoms with van der Waals surface area (Å²) in [5.74, 6) is 1.07. The minimum Gasteiger partial charge on any atom is -0.493 e. The van der Waals surface area contributed by atoms with Gasteiger partial charge in [0.1, 0.15) is 6.33 Å². The SMILES string of the molecule is CCCCOc1ccc(C(=O)Nc2ncn(Cc3ccc(Br)cc3)n2)cc1OC. The van der Waals surface area contributed by atoms with Crippen molar-refractivity contribution in [3.63, 3.8) is 0 Å². The van der Waals surface area contributed by atoms with Crippen molar-refractivity contribution in [3.05, 3.63) is 64.4 Å². The number of rotatable bonds is 9. The van der Waals surface area contributed by atoms with Gasteiger partial charge in [-0.15, -0.1) is 5.10 Å². The van der Waals surface area contributed by atoms with Crippen molar-refractivity contribution in [1.29, 1.82) is 0 Å². The zero-order chi connectivity index (χ0) is 20.6. The molecule has 0 spiro atoms. The summed E-state index contributed by atoms with van der Waals surface area (Å²) in [6, 6.07) is 13.0. The predicted octanol–water partition coefficient (Wildman–Crippen LogP) is 4.53. The van der Waals surface area contributed by atoms with Crippen LogP contribution >= 0.6 is 15.9 Å². The fourth-order valence-electron chi connectivity index (χ4n) is 2.63. The molecule has 0 saturated carbocycles. The van der Waals surface area contributed by atoms with Gasteiger partial charge in [0.15, 0.2) is 11.5 Å². The van der Waals surface area contributed by atoms with Crippen molar-refractivity contribution in [1.82, 2.24) is 14.8 Å². The second kappa shape index (κ2) is 10.1. The van der Waals surface area contributed by atoms with Gasteiger partial charge in [0, 0.05) is 10.0 Å². The highest BCUT2D eigenvalue weighted by atomic mass is 79.9. The van der Waals surface area contributed by atoms with Crippen LogP contribution in [-0.4, -0.2) is 34.4 Å². The predicted molar refractivity (Wildman–Crippen MR) is 115 cm³/mol. The molecular formula is C21H23BrN4O3. The van der Waals surface area contributed by atoms with Gasteiger partial charge in [-0.1, -0.05) is 41.4 Å². The number of halogens is 1. The lowest BCUT2D eigenvalue weighted by atomic mass is 10.2. The van der Waals surface area contributed by atoms with Gasteiger partial charge in [-0.2, -0.15) is 0 Å². The Labute approximate surface area is 178 Å². The molecule has 8 heteroatoms. The summed E-state index contributed by atoms with van der Waals surface area (Å²) in [6.07, 6.45) is 3.59. The molecule has 0 saturated heterocycles. The Kier molecular flexibility index (Phi) is 7.24. The summed E-state index contributed by atoms with van der Waals surface area (Å²) in [4.78, 5) is 16.7. The molecule has 7 nitrogen and oxygen atoms in total. The van der Waals surface area contributed by atoms with Crippen LogP contribution in [0.15, 0.2) is 53.3 Å². The number of benzene rings is 2. The van der Waals surface area contributed by atoms with Gasteiger partial charge < -0.3 is 9.47 Å². The first-order valence-corrected chi connectivity index (χ1v) is 10.1. The summed E-state index contributed by atoms with van der Waals surface area (Å²) in [7, 11) is 1.55. The molecule has 1 aromatic heterocycles. The third kappa shape index (κ3) is 5.80. The Morgan fingerprint density at radius 2 is 1.97 bits per heavy atom. The molecule has 3 rings (SSSR count). The lowest BCUT2D eigenvalue weighted by Crippen LogP contribution is -2.14. The van der Waals surface area contributed by atoms with E-state index in [4.69, 9.17) is 9.47 Å². The Morgan fingerprint density at radius 3 is 2.69 bits per heavy atom. The number of carbonyl (C=O) groups is 1. The molecule has 0 atom stereocenters. The summed E-state index contributed by atoms with van der Waals surface area (Å²) >= 11 is 3.42. The molecular weight excluding hydrogens is 436 g/mol. The minimum absolute atomic E-state index is 0.245. The highest BCUT2D eigenvalue weighted by Crippen LogP contribution is 2.28. The molecule has 29 heavy (non-hydrogen) atoms. The molecule has 1 N–H and O–H groups in total. The van der Waals surface area contributed by atoms with Gasteiger partial charge in [-0.05, 0) is 42.3 Å². The number of unbranched alkanes of at least 4 members (excludes halogenated alkanes) is 1. The largest absolute Gasteiger partial charge is 0.493 e. The maximum atomic E-state index is 12.6. The van der Waals surface area contributed by atoms with E-state index >= 15 is 0 Å². The van der Waals surface area contributed by atoms with Crippen LogP contribution in [0.2, 0.25) is 0 Å². The fourth-order valence-corrected chi connectivity index (χ4v) is 2.90. The van der Waals surface area contributed by atoms with E-state index in [0.717, 1.165) is 22.9 Å². The number of methoxy groups -OCH3 is 1. The van der Waals surface area contributed by atoms with Crippen molar-refractivity contribution < 1.29 is 14.3 Å².